The van der Waals surface area contributed by atoms with E-state index in [1.54, 1.807) is 13.1 Å². The van der Waals surface area contributed by atoms with E-state index in [9.17, 15) is 4.79 Å². The van der Waals surface area contributed by atoms with Gasteiger partial charge in [0.1, 0.15) is 6.07 Å². The Kier molecular flexibility index (Phi) is 4.34. The first kappa shape index (κ1) is 12.1. The SMILES string of the molecule is CCN(CC(=O)NC)c1ccccc1C#N. The molecule has 0 spiro atoms. The molecular formula is C12H15N3O. The molecule has 0 aliphatic heterocycles. The molecule has 1 aromatic carbocycles. The Labute approximate surface area is 95.5 Å². The minimum absolute atomic E-state index is 0.0606. The molecule has 0 bridgehead atoms. The van der Waals surface area contributed by atoms with Gasteiger partial charge in [0.15, 0.2) is 0 Å². The molecule has 0 aliphatic carbocycles. The highest BCUT2D eigenvalue weighted by Gasteiger charge is 2.11. The number of carbonyl (C=O) groups is 1. The van der Waals surface area contributed by atoms with Crippen molar-refractivity contribution in [2.45, 2.75) is 6.92 Å². The third-order valence-electron chi connectivity index (χ3n) is 2.36. The molecule has 4 nitrogen and oxygen atoms in total. The molecule has 0 atom stereocenters. The molecule has 0 unspecified atom stereocenters. The van der Waals surface area contributed by atoms with Gasteiger partial charge in [0.25, 0.3) is 0 Å². The first-order chi connectivity index (χ1) is 7.72. The molecule has 0 aromatic heterocycles. The lowest BCUT2D eigenvalue weighted by Crippen LogP contribution is -2.35. The van der Waals surface area contributed by atoms with Gasteiger partial charge in [-0.05, 0) is 19.1 Å². The fourth-order valence-corrected chi connectivity index (χ4v) is 1.46. The van der Waals surface area contributed by atoms with Gasteiger partial charge >= 0.3 is 0 Å². The highest BCUT2D eigenvalue weighted by atomic mass is 16.1. The average molecular weight is 217 g/mol. The van der Waals surface area contributed by atoms with Crippen LogP contribution in [0.25, 0.3) is 0 Å². The fourth-order valence-electron chi connectivity index (χ4n) is 1.46. The lowest BCUT2D eigenvalue weighted by atomic mass is 10.1. The third kappa shape index (κ3) is 2.74. The minimum Gasteiger partial charge on any atom is -0.361 e. The number of benzene rings is 1. The van der Waals surface area contributed by atoms with Gasteiger partial charge < -0.3 is 10.2 Å². The van der Waals surface area contributed by atoms with Crippen LogP contribution >= 0.6 is 0 Å². The Balaban J connectivity index is 2.95. The number of hydrogen-bond acceptors (Lipinski definition) is 3. The van der Waals surface area contributed by atoms with E-state index in [-0.39, 0.29) is 12.5 Å². The van der Waals surface area contributed by atoms with Gasteiger partial charge in [-0.1, -0.05) is 12.1 Å². The number of likely N-dealkylation sites (N-methyl/N-ethyl adjacent to an activating group) is 2. The molecule has 1 rings (SSSR count). The van der Waals surface area contributed by atoms with Crippen molar-refractivity contribution in [3.8, 4) is 6.07 Å². The second-order valence-corrected chi connectivity index (χ2v) is 3.32. The van der Waals surface area contributed by atoms with Gasteiger partial charge in [0.05, 0.1) is 17.8 Å². The maximum absolute atomic E-state index is 11.3. The van der Waals surface area contributed by atoms with Crippen molar-refractivity contribution in [3.63, 3.8) is 0 Å². The van der Waals surface area contributed by atoms with E-state index in [2.05, 4.69) is 11.4 Å². The lowest BCUT2D eigenvalue weighted by Gasteiger charge is -2.22. The Morgan fingerprint density at radius 2 is 2.19 bits per heavy atom. The van der Waals surface area contributed by atoms with Crippen LogP contribution in [-0.4, -0.2) is 26.0 Å². The number of para-hydroxylation sites is 1. The average Bonchev–Trinajstić information content (AvgIpc) is 2.35. The molecule has 16 heavy (non-hydrogen) atoms. The van der Waals surface area contributed by atoms with E-state index < -0.39 is 0 Å². The predicted molar refractivity (Wildman–Crippen MR) is 63.1 cm³/mol. The van der Waals surface area contributed by atoms with Crippen molar-refractivity contribution in [3.05, 3.63) is 29.8 Å². The van der Waals surface area contributed by atoms with Crippen molar-refractivity contribution in [2.75, 3.05) is 25.0 Å². The molecule has 0 saturated carbocycles. The molecule has 0 radical (unpaired) electrons. The monoisotopic (exact) mass is 217 g/mol. The molecule has 0 saturated heterocycles. The second kappa shape index (κ2) is 5.76. The molecule has 4 heteroatoms. The van der Waals surface area contributed by atoms with E-state index in [4.69, 9.17) is 5.26 Å². The van der Waals surface area contributed by atoms with E-state index in [1.165, 1.54) is 0 Å². The predicted octanol–water partition coefficient (Wildman–Crippen LogP) is 1.13. The third-order valence-corrected chi connectivity index (χ3v) is 2.36. The summed E-state index contributed by atoms with van der Waals surface area (Å²) in [5, 5.41) is 11.6. The van der Waals surface area contributed by atoms with Gasteiger partial charge in [-0.15, -0.1) is 0 Å². The molecule has 84 valence electrons. The Morgan fingerprint density at radius 1 is 1.50 bits per heavy atom. The van der Waals surface area contributed by atoms with Crippen LogP contribution in [0.4, 0.5) is 5.69 Å². The number of carbonyl (C=O) groups excluding carboxylic acids is 1. The van der Waals surface area contributed by atoms with Crippen molar-refractivity contribution >= 4 is 11.6 Å². The van der Waals surface area contributed by atoms with Crippen molar-refractivity contribution in [2.24, 2.45) is 0 Å². The fraction of sp³-hybridized carbons (Fsp3) is 0.333. The normalized spacial score (nSPS) is 9.31. The van der Waals surface area contributed by atoms with E-state index in [1.807, 2.05) is 30.0 Å². The number of amides is 1. The largest absolute Gasteiger partial charge is 0.361 e. The summed E-state index contributed by atoms with van der Waals surface area (Å²) in [7, 11) is 1.60. The van der Waals surface area contributed by atoms with Crippen LogP contribution in [0.5, 0.6) is 0 Å². The number of hydrogen-bond donors (Lipinski definition) is 1. The smallest absolute Gasteiger partial charge is 0.239 e. The number of nitriles is 1. The topological polar surface area (TPSA) is 56.1 Å². The van der Waals surface area contributed by atoms with Crippen molar-refractivity contribution < 1.29 is 4.79 Å². The van der Waals surface area contributed by atoms with Crippen LogP contribution in [0.3, 0.4) is 0 Å². The van der Waals surface area contributed by atoms with Gasteiger partial charge in [0.2, 0.25) is 5.91 Å². The zero-order valence-corrected chi connectivity index (χ0v) is 9.53. The summed E-state index contributed by atoms with van der Waals surface area (Å²) in [5.74, 6) is -0.0606. The molecule has 1 aromatic rings. The minimum atomic E-state index is -0.0606. The van der Waals surface area contributed by atoms with Gasteiger partial charge in [-0.3, -0.25) is 4.79 Å². The first-order valence-electron chi connectivity index (χ1n) is 5.17. The summed E-state index contributed by atoms with van der Waals surface area (Å²) in [5.41, 5.74) is 1.39. The van der Waals surface area contributed by atoms with Gasteiger partial charge in [-0.25, -0.2) is 0 Å². The molecule has 1 N–H and O–H groups in total. The van der Waals surface area contributed by atoms with Crippen LogP contribution in [0.1, 0.15) is 12.5 Å². The van der Waals surface area contributed by atoms with Crippen molar-refractivity contribution in [1.82, 2.24) is 5.32 Å². The maximum Gasteiger partial charge on any atom is 0.239 e. The summed E-state index contributed by atoms with van der Waals surface area (Å²) >= 11 is 0. The van der Waals surface area contributed by atoms with Crippen LogP contribution in [0.2, 0.25) is 0 Å². The number of rotatable bonds is 4. The summed E-state index contributed by atoms with van der Waals surface area (Å²) in [6.45, 7) is 2.91. The standard InChI is InChI=1S/C12H15N3O/c1-3-15(9-12(16)14-2)11-7-5-4-6-10(11)8-13/h4-7H,3,9H2,1-2H3,(H,14,16). The molecule has 1 amide bonds. The summed E-state index contributed by atoms with van der Waals surface area (Å²) in [4.78, 5) is 13.2. The Bertz CT molecular complexity index is 409. The molecule has 0 aliphatic rings. The Hall–Kier alpha value is -2.02. The quantitative estimate of drug-likeness (QED) is 0.822. The second-order valence-electron chi connectivity index (χ2n) is 3.32. The molecule has 0 heterocycles. The number of nitrogens with zero attached hydrogens (tertiary/aromatic N) is 2. The summed E-state index contributed by atoms with van der Waals surface area (Å²) < 4.78 is 0. The van der Waals surface area contributed by atoms with Crippen LogP contribution < -0.4 is 10.2 Å². The van der Waals surface area contributed by atoms with Crippen molar-refractivity contribution in [1.29, 1.82) is 5.26 Å². The number of nitrogens with one attached hydrogen (secondary N) is 1. The van der Waals surface area contributed by atoms with Crippen LogP contribution in [0.15, 0.2) is 24.3 Å². The van der Waals surface area contributed by atoms with Crippen LogP contribution in [-0.2, 0) is 4.79 Å². The maximum atomic E-state index is 11.3. The first-order valence-corrected chi connectivity index (χ1v) is 5.17. The highest BCUT2D eigenvalue weighted by molar-refractivity contribution is 5.81. The summed E-state index contributed by atoms with van der Waals surface area (Å²) in [6.07, 6.45) is 0. The summed E-state index contributed by atoms with van der Waals surface area (Å²) in [6, 6.07) is 9.41. The number of anilines is 1. The molecule has 0 fully saturated rings. The highest BCUT2D eigenvalue weighted by Crippen LogP contribution is 2.18. The zero-order valence-electron chi connectivity index (χ0n) is 9.53. The van der Waals surface area contributed by atoms with E-state index in [0.717, 1.165) is 5.69 Å². The zero-order chi connectivity index (χ0) is 12.0. The van der Waals surface area contributed by atoms with Crippen LogP contribution in [0, 0.1) is 11.3 Å². The van der Waals surface area contributed by atoms with E-state index >= 15 is 0 Å². The molecular weight excluding hydrogens is 202 g/mol. The van der Waals surface area contributed by atoms with E-state index in [0.29, 0.717) is 12.1 Å². The van der Waals surface area contributed by atoms with Gasteiger partial charge in [0, 0.05) is 13.6 Å². The Morgan fingerprint density at radius 3 is 2.75 bits per heavy atom. The lowest BCUT2D eigenvalue weighted by molar-refractivity contribution is -0.119. The van der Waals surface area contributed by atoms with Gasteiger partial charge in [-0.2, -0.15) is 5.26 Å².